The van der Waals surface area contributed by atoms with Crippen LogP contribution in [0.2, 0.25) is 0 Å². The van der Waals surface area contributed by atoms with Crippen molar-refractivity contribution in [2.24, 2.45) is 5.92 Å². The molecule has 5 N–H and O–H groups in total. The number of hydrogen-bond donors (Lipinski definition) is 4. The molecule has 2 aromatic rings. The molecule has 0 bridgehead atoms. The number of imidazole rings is 1. The zero-order chi connectivity index (χ0) is 17.6. The van der Waals surface area contributed by atoms with Crippen molar-refractivity contribution in [1.29, 1.82) is 0 Å². The summed E-state index contributed by atoms with van der Waals surface area (Å²) in [5.74, 6) is -0.0184. The minimum Gasteiger partial charge on any atom is -0.375 e. The summed E-state index contributed by atoms with van der Waals surface area (Å²) in [6.45, 7) is 0.602. The summed E-state index contributed by atoms with van der Waals surface area (Å²) in [6, 6.07) is 0.102. The van der Waals surface area contributed by atoms with Crippen LogP contribution in [0.15, 0.2) is 18.7 Å². The number of thiazole rings is 1. The number of nitrogens with two attached hydrogens (primary N) is 1. The van der Waals surface area contributed by atoms with Crippen LogP contribution in [0.3, 0.4) is 0 Å². The van der Waals surface area contributed by atoms with Crippen LogP contribution in [0.4, 0.5) is 5.13 Å². The van der Waals surface area contributed by atoms with Gasteiger partial charge in [0.2, 0.25) is 5.91 Å². The Hall–Kier alpha value is -2.42. The van der Waals surface area contributed by atoms with E-state index in [2.05, 4.69) is 25.6 Å². The van der Waals surface area contributed by atoms with Gasteiger partial charge in [0.1, 0.15) is 4.88 Å². The number of rotatable bonds is 6. The zero-order valence-electron chi connectivity index (χ0n) is 13.8. The molecule has 2 aromatic heterocycles. The third-order valence-corrected chi connectivity index (χ3v) is 5.25. The molecule has 0 atom stereocenters. The van der Waals surface area contributed by atoms with E-state index < -0.39 is 0 Å². The molecule has 134 valence electrons. The van der Waals surface area contributed by atoms with Crippen molar-refractivity contribution in [2.75, 3.05) is 12.3 Å². The first-order valence-corrected chi connectivity index (χ1v) is 9.20. The van der Waals surface area contributed by atoms with E-state index in [9.17, 15) is 9.59 Å². The molecule has 1 aliphatic carbocycles. The Kier molecular flexibility index (Phi) is 5.64. The fourth-order valence-electron chi connectivity index (χ4n) is 3.04. The summed E-state index contributed by atoms with van der Waals surface area (Å²) >= 11 is 1.18. The molecule has 3 rings (SSSR count). The number of aromatic nitrogens is 3. The average Bonchev–Trinajstić information content (AvgIpc) is 3.27. The quantitative estimate of drug-likeness (QED) is 0.612. The van der Waals surface area contributed by atoms with Crippen LogP contribution >= 0.6 is 11.3 Å². The SMILES string of the molecule is Nc1ncc(C(=O)NC2CCC(C(=O)NCCc3cnc[nH]3)CC2)s1. The molecular formula is C16H22N6O2S. The first kappa shape index (κ1) is 17.4. The molecule has 1 fully saturated rings. The van der Waals surface area contributed by atoms with E-state index in [1.807, 2.05) is 0 Å². The lowest BCUT2D eigenvalue weighted by molar-refractivity contribution is -0.126. The minimum absolute atomic E-state index is 0.0222. The first-order valence-electron chi connectivity index (χ1n) is 8.39. The van der Waals surface area contributed by atoms with Gasteiger partial charge in [-0.05, 0) is 25.7 Å². The van der Waals surface area contributed by atoms with Crippen molar-refractivity contribution in [1.82, 2.24) is 25.6 Å². The highest BCUT2D eigenvalue weighted by Gasteiger charge is 2.27. The highest BCUT2D eigenvalue weighted by molar-refractivity contribution is 7.17. The maximum absolute atomic E-state index is 12.2. The molecule has 0 saturated heterocycles. The largest absolute Gasteiger partial charge is 0.375 e. The van der Waals surface area contributed by atoms with Gasteiger partial charge in [0.05, 0.1) is 12.5 Å². The Bertz CT molecular complexity index is 706. The highest BCUT2D eigenvalue weighted by atomic mass is 32.1. The summed E-state index contributed by atoms with van der Waals surface area (Å²) in [5.41, 5.74) is 6.56. The molecule has 0 aromatic carbocycles. The normalized spacial score (nSPS) is 20.2. The Morgan fingerprint density at radius 2 is 2.08 bits per heavy atom. The van der Waals surface area contributed by atoms with Crippen LogP contribution in [0.5, 0.6) is 0 Å². The molecule has 9 heteroatoms. The second-order valence-electron chi connectivity index (χ2n) is 6.20. The third kappa shape index (κ3) is 4.79. The minimum atomic E-state index is -0.137. The molecular weight excluding hydrogens is 340 g/mol. The average molecular weight is 362 g/mol. The predicted molar refractivity (Wildman–Crippen MR) is 95.0 cm³/mol. The van der Waals surface area contributed by atoms with E-state index in [0.717, 1.165) is 37.8 Å². The standard InChI is InChI=1S/C16H22N6O2S/c17-16-20-8-13(25-16)15(24)22-11-3-1-10(2-4-11)14(23)19-6-5-12-7-18-9-21-12/h7-11H,1-6H2,(H2,17,20)(H,18,21)(H,19,23)(H,22,24). The number of aromatic amines is 1. The maximum Gasteiger partial charge on any atom is 0.263 e. The topological polar surface area (TPSA) is 126 Å². The first-order chi connectivity index (χ1) is 12.1. The summed E-state index contributed by atoms with van der Waals surface area (Å²) in [7, 11) is 0. The lowest BCUT2D eigenvalue weighted by atomic mass is 9.85. The van der Waals surface area contributed by atoms with Crippen molar-refractivity contribution in [3.63, 3.8) is 0 Å². The second kappa shape index (κ2) is 8.11. The molecule has 0 radical (unpaired) electrons. The molecule has 2 heterocycles. The van der Waals surface area contributed by atoms with E-state index in [1.54, 1.807) is 12.5 Å². The van der Waals surface area contributed by atoms with Crippen molar-refractivity contribution in [2.45, 2.75) is 38.1 Å². The number of nitrogens with zero attached hydrogens (tertiary/aromatic N) is 2. The monoisotopic (exact) mass is 362 g/mol. The number of carbonyl (C=O) groups excluding carboxylic acids is 2. The van der Waals surface area contributed by atoms with Gasteiger partial charge in [-0.3, -0.25) is 9.59 Å². The molecule has 1 aliphatic rings. The smallest absolute Gasteiger partial charge is 0.263 e. The predicted octanol–water partition coefficient (Wildman–Crippen LogP) is 1.10. The number of hydrogen-bond acceptors (Lipinski definition) is 6. The van der Waals surface area contributed by atoms with Gasteiger partial charge in [0, 0.05) is 36.8 Å². The number of H-pyrrole nitrogens is 1. The van der Waals surface area contributed by atoms with Gasteiger partial charge in [-0.25, -0.2) is 9.97 Å². The van der Waals surface area contributed by atoms with Crippen molar-refractivity contribution in [3.8, 4) is 0 Å². The number of nitrogen functional groups attached to an aromatic ring is 1. The number of carbonyl (C=O) groups is 2. The highest BCUT2D eigenvalue weighted by Crippen LogP contribution is 2.25. The Morgan fingerprint density at radius 1 is 1.28 bits per heavy atom. The molecule has 8 nitrogen and oxygen atoms in total. The summed E-state index contributed by atoms with van der Waals surface area (Å²) in [4.78, 5) is 35.7. The number of amides is 2. The summed E-state index contributed by atoms with van der Waals surface area (Å²) < 4.78 is 0. The van der Waals surface area contributed by atoms with Crippen LogP contribution in [0.1, 0.15) is 41.0 Å². The van der Waals surface area contributed by atoms with E-state index in [-0.39, 0.29) is 23.8 Å². The second-order valence-corrected chi connectivity index (χ2v) is 7.26. The number of nitrogens with one attached hydrogen (secondary N) is 3. The van der Waals surface area contributed by atoms with Gasteiger partial charge in [0.25, 0.3) is 5.91 Å². The van der Waals surface area contributed by atoms with Gasteiger partial charge >= 0.3 is 0 Å². The van der Waals surface area contributed by atoms with Gasteiger partial charge in [-0.15, -0.1) is 0 Å². The maximum atomic E-state index is 12.2. The van der Waals surface area contributed by atoms with Crippen LogP contribution < -0.4 is 16.4 Å². The van der Waals surface area contributed by atoms with Gasteiger partial charge in [0.15, 0.2) is 5.13 Å². The summed E-state index contributed by atoms with van der Waals surface area (Å²) in [5, 5.41) is 6.37. The van der Waals surface area contributed by atoms with E-state index in [1.165, 1.54) is 17.5 Å². The van der Waals surface area contributed by atoms with Crippen molar-refractivity contribution >= 4 is 28.3 Å². The lowest BCUT2D eigenvalue weighted by Gasteiger charge is -2.28. The molecule has 1 saturated carbocycles. The van der Waals surface area contributed by atoms with Crippen molar-refractivity contribution < 1.29 is 9.59 Å². The fraction of sp³-hybridized carbons (Fsp3) is 0.500. The van der Waals surface area contributed by atoms with E-state index >= 15 is 0 Å². The van der Waals surface area contributed by atoms with Crippen LogP contribution in [0, 0.1) is 5.92 Å². The molecule has 0 aliphatic heterocycles. The third-order valence-electron chi connectivity index (χ3n) is 4.43. The fourth-order valence-corrected chi connectivity index (χ4v) is 3.62. The van der Waals surface area contributed by atoms with Crippen LogP contribution in [-0.2, 0) is 11.2 Å². The van der Waals surface area contributed by atoms with E-state index in [4.69, 9.17) is 5.73 Å². The van der Waals surface area contributed by atoms with Crippen LogP contribution in [0.25, 0.3) is 0 Å². The van der Waals surface area contributed by atoms with Crippen LogP contribution in [-0.4, -0.2) is 39.4 Å². The Balaban J connectivity index is 1.37. The van der Waals surface area contributed by atoms with Gasteiger partial charge < -0.3 is 21.4 Å². The molecule has 2 amide bonds. The Morgan fingerprint density at radius 3 is 2.72 bits per heavy atom. The lowest BCUT2D eigenvalue weighted by Crippen LogP contribution is -2.41. The summed E-state index contributed by atoms with van der Waals surface area (Å²) in [6.07, 6.45) is 8.81. The number of anilines is 1. The zero-order valence-corrected chi connectivity index (χ0v) is 14.6. The molecule has 0 unspecified atom stereocenters. The van der Waals surface area contributed by atoms with Crippen molar-refractivity contribution in [3.05, 3.63) is 29.3 Å². The van der Waals surface area contributed by atoms with Gasteiger partial charge in [-0.2, -0.15) is 0 Å². The Labute approximate surface area is 149 Å². The molecule has 0 spiro atoms. The van der Waals surface area contributed by atoms with Gasteiger partial charge in [-0.1, -0.05) is 11.3 Å². The molecule has 25 heavy (non-hydrogen) atoms. The van der Waals surface area contributed by atoms with E-state index in [0.29, 0.717) is 16.6 Å².